The average molecular weight is 354 g/mol. The molecule has 0 saturated carbocycles. The smallest absolute Gasteiger partial charge is 0.290 e. The highest BCUT2D eigenvalue weighted by Crippen LogP contribution is 2.33. The van der Waals surface area contributed by atoms with Gasteiger partial charge >= 0.3 is 0 Å². The fourth-order valence-corrected chi connectivity index (χ4v) is 3.40. The third-order valence-electron chi connectivity index (χ3n) is 4.54. The van der Waals surface area contributed by atoms with Crippen LogP contribution in [0.1, 0.15) is 24.1 Å². The van der Waals surface area contributed by atoms with Crippen molar-refractivity contribution in [3.05, 3.63) is 66.1 Å². The Morgan fingerprint density at radius 3 is 2.64 bits per heavy atom. The zero-order chi connectivity index (χ0) is 16.4. The molecule has 0 atom stereocenters. The number of nitrogens with zero attached hydrogens (tertiary/aromatic N) is 2. The number of aromatic nitrogens is 2. The molecule has 0 unspecified atom stereocenters. The van der Waals surface area contributed by atoms with Crippen LogP contribution in [0.3, 0.4) is 0 Å². The summed E-state index contributed by atoms with van der Waals surface area (Å²) >= 11 is 0. The second-order valence-corrected chi connectivity index (χ2v) is 6.23. The molecule has 1 amide bonds. The molecule has 0 aliphatic heterocycles. The Morgan fingerprint density at radius 1 is 1.04 bits per heavy atom. The van der Waals surface area contributed by atoms with Crippen LogP contribution < -0.4 is 22.3 Å². The van der Waals surface area contributed by atoms with Crippen LogP contribution in [0.15, 0.2) is 54.9 Å². The first-order chi connectivity index (χ1) is 11.8. The SMILES string of the molecule is O=C(C[n+]1ccccc1)Nc1c2c(nc3ccccc13)CCCC2.[Cl-]. The minimum Gasteiger partial charge on any atom is -1.00 e. The molecule has 128 valence electrons. The largest absolute Gasteiger partial charge is 1.00 e. The summed E-state index contributed by atoms with van der Waals surface area (Å²) in [5.74, 6) is -0.00433. The summed E-state index contributed by atoms with van der Waals surface area (Å²) < 4.78 is 1.88. The van der Waals surface area contributed by atoms with Gasteiger partial charge in [0.15, 0.2) is 12.4 Å². The number of pyridine rings is 2. The van der Waals surface area contributed by atoms with E-state index in [2.05, 4.69) is 5.32 Å². The number of rotatable bonds is 3. The van der Waals surface area contributed by atoms with Gasteiger partial charge in [0.2, 0.25) is 6.54 Å². The Bertz CT molecular complexity index is 896. The minimum absolute atomic E-state index is 0. The standard InChI is InChI=1S/C20H19N3O.ClH/c24-19(14-23-12-6-1-7-13-23)22-20-15-8-2-4-10-17(15)21-18-11-5-3-9-16(18)20;/h1-2,4,6-8,10,12-13H,3,5,9,11,14H2;1H. The molecule has 4 rings (SSSR count). The van der Waals surface area contributed by atoms with Crippen molar-refractivity contribution in [1.82, 2.24) is 4.98 Å². The molecule has 5 heteroatoms. The van der Waals surface area contributed by atoms with Crippen molar-refractivity contribution in [3.63, 3.8) is 0 Å². The maximum Gasteiger partial charge on any atom is 0.290 e. The number of hydrogen-bond acceptors (Lipinski definition) is 2. The first kappa shape index (κ1) is 17.4. The van der Waals surface area contributed by atoms with Crippen LogP contribution in [-0.2, 0) is 24.2 Å². The molecular formula is C20H20ClN3O. The summed E-state index contributed by atoms with van der Waals surface area (Å²) in [6.07, 6.45) is 8.12. The van der Waals surface area contributed by atoms with Gasteiger partial charge in [0, 0.05) is 23.2 Å². The normalized spacial score (nSPS) is 13.0. The molecule has 0 radical (unpaired) electrons. The number of hydrogen-bond donors (Lipinski definition) is 1. The molecule has 3 aromatic rings. The fourth-order valence-electron chi connectivity index (χ4n) is 3.40. The van der Waals surface area contributed by atoms with E-state index in [0.29, 0.717) is 6.54 Å². The quantitative estimate of drug-likeness (QED) is 0.676. The van der Waals surface area contributed by atoms with Crippen LogP contribution in [0, 0.1) is 0 Å². The molecule has 2 heterocycles. The molecule has 1 N–H and O–H groups in total. The van der Waals surface area contributed by atoms with Gasteiger partial charge in [0.05, 0.1) is 11.2 Å². The van der Waals surface area contributed by atoms with Crippen molar-refractivity contribution in [3.8, 4) is 0 Å². The molecule has 1 aliphatic rings. The van der Waals surface area contributed by atoms with Gasteiger partial charge in [0.25, 0.3) is 5.91 Å². The van der Waals surface area contributed by atoms with Gasteiger partial charge in [-0.15, -0.1) is 0 Å². The Hall–Kier alpha value is -2.46. The summed E-state index contributed by atoms with van der Waals surface area (Å²) in [4.78, 5) is 17.4. The molecule has 0 fully saturated rings. The molecule has 0 saturated heterocycles. The van der Waals surface area contributed by atoms with E-state index in [4.69, 9.17) is 4.98 Å². The van der Waals surface area contributed by atoms with Crippen molar-refractivity contribution in [1.29, 1.82) is 0 Å². The van der Waals surface area contributed by atoms with E-state index in [-0.39, 0.29) is 18.3 Å². The number of carbonyl (C=O) groups excluding carboxylic acids is 1. The van der Waals surface area contributed by atoms with Crippen LogP contribution in [0.2, 0.25) is 0 Å². The molecule has 1 aromatic carbocycles. The summed E-state index contributed by atoms with van der Waals surface area (Å²) in [6.45, 7) is 0.312. The second-order valence-electron chi connectivity index (χ2n) is 6.23. The highest BCUT2D eigenvalue weighted by atomic mass is 35.5. The van der Waals surface area contributed by atoms with Crippen LogP contribution in [0.4, 0.5) is 5.69 Å². The van der Waals surface area contributed by atoms with Crippen LogP contribution >= 0.6 is 0 Å². The van der Waals surface area contributed by atoms with E-state index in [0.717, 1.165) is 41.5 Å². The van der Waals surface area contributed by atoms with E-state index in [1.54, 1.807) is 0 Å². The van der Waals surface area contributed by atoms with Crippen LogP contribution in [0.5, 0.6) is 0 Å². The van der Waals surface area contributed by atoms with Gasteiger partial charge < -0.3 is 17.7 Å². The summed E-state index contributed by atoms with van der Waals surface area (Å²) in [5.41, 5.74) is 4.27. The molecule has 4 nitrogen and oxygen atoms in total. The lowest BCUT2D eigenvalue weighted by Crippen LogP contribution is -3.00. The average Bonchev–Trinajstić information content (AvgIpc) is 2.62. The zero-order valence-corrected chi connectivity index (χ0v) is 14.7. The molecule has 2 aromatic heterocycles. The van der Waals surface area contributed by atoms with Crippen LogP contribution in [-0.4, -0.2) is 10.9 Å². The van der Waals surface area contributed by atoms with Gasteiger partial charge in [0.1, 0.15) is 0 Å². The van der Waals surface area contributed by atoms with Crippen LogP contribution in [0.25, 0.3) is 10.9 Å². The van der Waals surface area contributed by atoms with Crippen molar-refractivity contribution in [2.75, 3.05) is 5.32 Å². The van der Waals surface area contributed by atoms with Crippen molar-refractivity contribution >= 4 is 22.5 Å². The third kappa shape index (κ3) is 3.64. The van der Waals surface area contributed by atoms with Gasteiger partial charge in [-0.1, -0.05) is 24.3 Å². The molecule has 25 heavy (non-hydrogen) atoms. The van der Waals surface area contributed by atoms with E-state index >= 15 is 0 Å². The predicted octanol–water partition coefficient (Wildman–Crippen LogP) is 0.0438. The first-order valence-electron chi connectivity index (χ1n) is 8.46. The Labute approximate surface area is 153 Å². The predicted molar refractivity (Wildman–Crippen MR) is 93.7 cm³/mol. The van der Waals surface area contributed by atoms with E-state index in [9.17, 15) is 4.79 Å². The number of halogens is 1. The monoisotopic (exact) mass is 353 g/mol. The minimum atomic E-state index is -0.00433. The van der Waals surface area contributed by atoms with E-state index in [1.165, 1.54) is 12.0 Å². The lowest BCUT2D eigenvalue weighted by Gasteiger charge is -2.20. The lowest BCUT2D eigenvalue weighted by molar-refractivity contribution is -0.684. The maximum atomic E-state index is 12.6. The highest BCUT2D eigenvalue weighted by Gasteiger charge is 2.20. The number of para-hydroxylation sites is 1. The number of benzene rings is 1. The number of aryl methyl sites for hydroxylation is 1. The van der Waals surface area contributed by atoms with Crippen molar-refractivity contribution in [2.45, 2.75) is 32.2 Å². The van der Waals surface area contributed by atoms with Crippen molar-refractivity contribution in [2.24, 2.45) is 0 Å². The topological polar surface area (TPSA) is 45.9 Å². The van der Waals surface area contributed by atoms with Gasteiger partial charge in [-0.3, -0.25) is 9.78 Å². The van der Waals surface area contributed by atoms with Gasteiger partial charge in [-0.2, -0.15) is 4.57 Å². The number of anilines is 1. The van der Waals surface area contributed by atoms with Gasteiger partial charge in [-0.25, -0.2) is 0 Å². The number of fused-ring (bicyclic) bond motifs is 2. The Kier molecular flexibility index (Phi) is 5.29. The fraction of sp³-hybridized carbons (Fsp3) is 0.250. The molecule has 0 spiro atoms. The highest BCUT2D eigenvalue weighted by molar-refractivity contribution is 6.02. The molecule has 0 bridgehead atoms. The first-order valence-corrected chi connectivity index (χ1v) is 8.46. The van der Waals surface area contributed by atoms with Crippen molar-refractivity contribution < 1.29 is 21.8 Å². The molecular weight excluding hydrogens is 334 g/mol. The second kappa shape index (κ2) is 7.62. The lowest BCUT2D eigenvalue weighted by atomic mass is 9.92. The summed E-state index contributed by atoms with van der Waals surface area (Å²) in [7, 11) is 0. The number of nitrogens with one attached hydrogen (secondary N) is 1. The molecule has 1 aliphatic carbocycles. The summed E-state index contributed by atoms with van der Waals surface area (Å²) in [6, 6.07) is 13.9. The third-order valence-corrected chi connectivity index (χ3v) is 4.54. The maximum absolute atomic E-state index is 12.6. The zero-order valence-electron chi connectivity index (χ0n) is 13.9. The van der Waals surface area contributed by atoms with Gasteiger partial charge in [-0.05, 0) is 37.3 Å². The Balaban J connectivity index is 0.00000182. The number of carbonyl (C=O) groups is 1. The van der Waals surface area contributed by atoms with E-state index in [1.807, 2.05) is 59.4 Å². The summed E-state index contributed by atoms with van der Waals surface area (Å²) in [5, 5.41) is 4.19. The number of amides is 1. The Morgan fingerprint density at radius 2 is 1.80 bits per heavy atom. The van der Waals surface area contributed by atoms with E-state index < -0.39 is 0 Å².